The van der Waals surface area contributed by atoms with E-state index in [1.165, 1.54) is 44.2 Å². The standard InChI is InChI=1S/C22H18ClFN4O2.C7H14O/c1-11-21(12(2)30-27-11)13-3-6-17-18(9-13)26-22(25-17)19-7-8-20(29)28(19)14-4-5-15(23)16(24)10-14;1-8-7-5-3-2-4-6-7/h3-6,9-10,19H,7-8H2,1-2H3,(H,25,26);7H,2-6H2,1H3/t19-;/m0./s1. The van der Waals surface area contributed by atoms with E-state index in [9.17, 15) is 9.18 Å². The van der Waals surface area contributed by atoms with Crippen molar-refractivity contribution in [3.63, 3.8) is 0 Å². The molecule has 9 heteroatoms. The predicted molar refractivity (Wildman–Crippen MR) is 146 cm³/mol. The molecule has 0 bridgehead atoms. The molecule has 2 fully saturated rings. The summed E-state index contributed by atoms with van der Waals surface area (Å²) in [5, 5.41) is 4.05. The number of anilines is 1. The van der Waals surface area contributed by atoms with Gasteiger partial charge in [-0.25, -0.2) is 9.37 Å². The Balaban J connectivity index is 0.000000316. The fourth-order valence-corrected chi connectivity index (χ4v) is 5.56. The molecular formula is C29H32ClFN4O3. The van der Waals surface area contributed by atoms with E-state index >= 15 is 0 Å². The molecule has 1 atom stereocenters. The van der Waals surface area contributed by atoms with Gasteiger partial charge in [0.2, 0.25) is 5.91 Å². The normalized spacial score (nSPS) is 18.2. The molecule has 6 rings (SSSR count). The molecule has 2 aromatic carbocycles. The molecule has 2 aromatic heterocycles. The Morgan fingerprint density at radius 3 is 2.55 bits per heavy atom. The van der Waals surface area contributed by atoms with E-state index in [1.807, 2.05) is 39.2 Å². The van der Waals surface area contributed by atoms with Crippen LogP contribution in [0.1, 0.15) is 68.3 Å². The first-order valence-corrected chi connectivity index (χ1v) is 13.5. The second-order valence-electron chi connectivity index (χ2n) is 9.97. The highest BCUT2D eigenvalue weighted by atomic mass is 35.5. The lowest BCUT2D eigenvalue weighted by Gasteiger charge is -2.23. The molecule has 1 saturated carbocycles. The number of aromatic nitrogens is 3. The molecule has 200 valence electrons. The predicted octanol–water partition coefficient (Wildman–Crippen LogP) is 7.46. The minimum atomic E-state index is -0.554. The van der Waals surface area contributed by atoms with Gasteiger partial charge in [0.15, 0.2) is 0 Å². The first-order chi connectivity index (χ1) is 18.4. The molecule has 1 N–H and O–H groups in total. The molecule has 38 heavy (non-hydrogen) atoms. The molecule has 2 aliphatic rings. The van der Waals surface area contributed by atoms with Crippen molar-refractivity contribution in [1.82, 2.24) is 15.1 Å². The van der Waals surface area contributed by atoms with E-state index in [-0.39, 0.29) is 17.0 Å². The zero-order valence-corrected chi connectivity index (χ0v) is 22.6. The van der Waals surface area contributed by atoms with Crippen LogP contribution in [-0.4, -0.2) is 34.2 Å². The fraction of sp³-hybridized carbons (Fsp3) is 0.414. The van der Waals surface area contributed by atoms with Gasteiger partial charge >= 0.3 is 0 Å². The van der Waals surface area contributed by atoms with Gasteiger partial charge in [0, 0.05) is 24.8 Å². The van der Waals surface area contributed by atoms with Crippen molar-refractivity contribution in [2.75, 3.05) is 12.0 Å². The van der Waals surface area contributed by atoms with Crippen molar-refractivity contribution in [3.8, 4) is 11.1 Å². The first kappa shape index (κ1) is 26.4. The molecule has 4 aromatic rings. The van der Waals surface area contributed by atoms with Crippen molar-refractivity contribution in [1.29, 1.82) is 0 Å². The van der Waals surface area contributed by atoms with Crippen LogP contribution < -0.4 is 4.90 Å². The van der Waals surface area contributed by atoms with E-state index in [1.54, 1.807) is 11.0 Å². The average molecular weight is 539 g/mol. The molecule has 7 nitrogen and oxygen atoms in total. The number of ether oxygens (including phenoxy) is 1. The number of fused-ring (bicyclic) bond motifs is 1. The van der Waals surface area contributed by atoms with E-state index in [0.717, 1.165) is 33.6 Å². The van der Waals surface area contributed by atoms with Gasteiger partial charge in [0.1, 0.15) is 17.4 Å². The van der Waals surface area contributed by atoms with Gasteiger partial charge in [0.25, 0.3) is 0 Å². The number of benzene rings is 2. The van der Waals surface area contributed by atoms with Crippen LogP contribution in [-0.2, 0) is 9.53 Å². The lowest BCUT2D eigenvalue weighted by atomic mass is 9.98. The third-order valence-electron chi connectivity index (χ3n) is 7.42. The lowest BCUT2D eigenvalue weighted by molar-refractivity contribution is -0.117. The van der Waals surface area contributed by atoms with E-state index in [0.29, 0.717) is 30.5 Å². The number of nitrogens with one attached hydrogen (secondary N) is 1. The zero-order chi connectivity index (χ0) is 26.8. The summed E-state index contributed by atoms with van der Waals surface area (Å²) in [5.74, 6) is 0.797. The minimum absolute atomic E-state index is 0.0255. The highest BCUT2D eigenvalue weighted by Gasteiger charge is 2.35. The number of amides is 1. The van der Waals surface area contributed by atoms with Crippen LogP contribution in [0.3, 0.4) is 0 Å². The number of carbonyl (C=O) groups excluding carboxylic acids is 1. The Bertz CT molecular complexity index is 1420. The number of rotatable bonds is 4. The number of aromatic amines is 1. The molecule has 1 aliphatic heterocycles. The lowest BCUT2D eigenvalue weighted by Crippen LogP contribution is -2.28. The third-order valence-corrected chi connectivity index (χ3v) is 7.72. The highest BCUT2D eigenvalue weighted by Crippen LogP contribution is 2.38. The Morgan fingerprint density at radius 1 is 1.11 bits per heavy atom. The second-order valence-corrected chi connectivity index (χ2v) is 10.4. The van der Waals surface area contributed by atoms with Crippen molar-refractivity contribution in [2.24, 2.45) is 0 Å². The fourth-order valence-electron chi connectivity index (χ4n) is 5.44. The Kier molecular flexibility index (Phi) is 7.81. The van der Waals surface area contributed by atoms with Gasteiger partial charge in [-0.05, 0) is 69.0 Å². The summed E-state index contributed by atoms with van der Waals surface area (Å²) in [7, 11) is 1.82. The van der Waals surface area contributed by atoms with Gasteiger partial charge in [-0.3, -0.25) is 4.79 Å². The molecule has 0 unspecified atom stereocenters. The van der Waals surface area contributed by atoms with Crippen LogP contribution in [0.15, 0.2) is 40.9 Å². The summed E-state index contributed by atoms with van der Waals surface area (Å²) in [6.45, 7) is 3.78. The summed E-state index contributed by atoms with van der Waals surface area (Å²) in [6, 6.07) is 10.0. The summed E-state index contributed by atoms with van der Waals surface area (Å²) in [4.78, 5) is 22.2. The molecular weight excluding hydrogens is 507 g/mol. The number of hydrogen-bond acceptors (Lipinski definition) is 5. The topological polar surface area (TPSA) is 84.2 Å². The number of methoxy groups -OCH3 is 1. The molecule has 1 amide bonds. The van der Waals surface area contributed by atoms with Crippen LogP contribution in [0, 0.1) is 19.7 Å². The smallest absolute Gasteiger partial charge is 0.227 e. The summed E-state index contributed by atoms with van der Waals surface area (Å²) in [5.41, 5.74) is 4.88. The van der Waals surface area contributed by atoms with Gasteiger partial charge in [-0.2, -0.15) is 0 Å². The van der Waals surface area contributed by atoms with Gasteiger partial charge in [-0.15, -0.1) is 0 Å². The maximum absolute atomic E-state index is 14.0. The van der Waals surface area contributed by atoms with Gasteiger partial charge < -0.3 is 19.1 Å². The van der Waals surface area contributed by atoms with Crippen molar-refractivity contribution in [3.05, 3.63) is 64.5 Å². The zero-order valence-electron chi connectivity index (χ0n) is 21.9. The number of halogens is 2. The quantitative estimate of drug-likeness (QED) is 0.291. The number of hydrogen-bond donors (Lipinski definition) is 1. The molecule has 1 saturated heterocycles. The molecule has 3 heterocycles. The summed E-state index contributed by atoms with van der Waals surface area (Å²) < 4.78 is 24.5. The van der Waals surface area contributed by atoms with Crippen molar-refractivity contribution >= 4 is 34.2 Å². The molecule has 0 radical (unpaired) electrons. The Hall–Kier alpha value is -3.23. The highest BCUT2D eigenvalue weighted by molar-refractivity contribution is 6.30. The van der Waals surface area contributed by atoms with Crippen LogP contribution in [0.4, 0.5) is 10.1 Å². The summed E-state index contributed by atoms with van der Waals surface area (Å²) >= 11 is 5.80. The van der Waals surface area contributed by atoms with Crippen molar-refractivity contribution in [2.45, 2.75) is 70.9 Å². The Morgan fingerprint density at radius 2 is 1.89 bits per heavy atom. The van der Waals surface area contributed by atoms with Gasteiger partial charge in [0.05, 0.1) is 33.9 Å². The summed E-state index contributed by atoms with van der Waals surface area (Å²) in [6.07, 6.45) is 8.29. The number of carbonyl (C=O) groups is 1. The average Bonchev–Trinajstić information content (AvgIpc) is 3.62. The SMILES string of the molecule is COC1CCCCC1.Cc1noc(C)c1-c1ccc2nc([C@@H]3CCC(=O)N3c3ccc(Cl)c(F)c3)[nH]c2c1. The van der Waals surface area contributed by atoms with Crippen LogP contribution >= 0.6 is 11.6 Å². The van der Waals surface area contributed by atoms with Crippen LogP contribution in [0.2, 0.25) is 5.02 Å². The number of aryl methyl sites for hydroxylation is 2. The number of H-pyrrole nitrogens is 1. The maximum atomic E-state index is 14.0. The van der Waals surface area contributed by atoms with E-state index < -0.39 is 5.82 Å². The number of nitrogens with zero attached hydrogens (tertiary/aromatic N) is 3. The van der Waals surface area contributed by atoms with Crippen molar-refractivity contribution < 1.29 is 18.4 Å². The first-order valence-electron chi connectivity index (χ1n) is 13.1. The van der Waals surface area contributed by atoms with E-state index in [4.69, 9.17) is 25.8 Å². The van der Waals surface area contributed by atoms with Crippen LogP contribution in [0.5, 0.6) is 0 Å². The van der Waals surface area contributed by atoms with E-state index in [2.05, 4.69) is 10.1 Å². The van der Waals surface area contributed by atoms with Gasteiger partial charge in [-0.1, -0.05) is 42.1 Å². The second kappa shape index (κ2) is 11.3. The molecule has 1 aliphatic carbocycles. The maximum Gasteiger partial charge on any atom is 0.227 e. The largest absolute Gasteiger partial charge is 0.381 e. The number of imidazole rings is 1. The molecule has 0 spiro atoms. The van der Waals surface area contributed by atoms with Crippen LogP contribution in [0.25, 0.3) is 22.2 Å². The monoisotopic (exact) mass is 538 g/mol. The Labute approximate surface area is 226 Å². The minimum Gasteiger partial charge on any atom is -0.381 e. The third kappa shape index (κ3) is 5.33.